The summed E-state index contributed by atoms with van der Waals surface area (Å²) in [6.07, 6.45) is -3.86. The SMILES string of the molecule is O=CNc1cc(OC(F)(F)C(F)Cl)ccc1Cl. The maximum atomic E-state index is 12.8. The third kappa shape index (κ3) is 3.67. The van der Waals surface area contributed by atoms with Crippen molar-refractivity contribution in [1.82, 2.24) is 0 Å². The fourth-order valence-corrected chi connectivity index (χ4v) is 1.16. The molecule has 1 atom stereocenters. The largest absolute Gasteiger partial charge is 0.444 e. The average Bonchev–Trinajstić information content (AvgIpc) is 2.23. The number of anilines is 1. The normalized spacial score (nSPS) is 13.0. The first-order valence-electron chi connectivity index (χ1n) is 4.21. The van der Waals surface area contributed by atoms with Gasteiger partial charge in [0.1, 0.15) is 5.75 Å². The minimum atomic E-state index is -4.17. The molecule has 0 aliphatic rings. The minimum absolute atomic E-state index is 0.0555. The van der Waals surface area contributed by atoms with Crippen LogP contribution in [-0.2, 0) is 4.79 Å². The highest BCUT2D eigenvalue weighted by Crippen LogP contribution is 2.32. The molecule has 1 aromatic rings. The predicted molar refractivity (Wildman–Crippen MR) is 57.5 cm³/mol. The van der Waals surface area contributed by atoms with E-state index in [0.717, 1.165) is 12.1 Å². The van der Waals surface area contributed by atoms with E-state index >= 15 is 0 Å². The summed E-state index contributed by atoms with van der Waals surface area (Å²) in [5.74, 6) is -0.382. The van der Waals surface area contributed by atoms with E-state index in [-0.39, 0.29) is 16.5 Å². The average molecular weight is 288 g/mol. The lowest BCUT2D eigenvalue weighted by atomic mass is 10.3. The molecule has 1 amide bonds. The molecule has 8 heteroatoms. The fourth-order valence-electron chi connectivity index (χ4n) is 0.944. The van der Waals surface area contributed by atoms with E-state index < -0.39 is 11.7 Å². The Kier molecular flexibility index (Phi) is 4.47. The summed E-state index contributed by atoms with van der Waals surface area (Å²) < 4.78 is 41.9. The fraction of sp³-hybridized carbons (Fsp3) is 0.222. The van der Waals surface area contributed by atoms with Gasteiger partial charge in [0.2, 0.25) is 6.41 Å². The number of hydrogen-bond donors (Lipinski definition) is 1. The molecule has 0 fully saturated rings. The zero-order chi connectivity index (χ0) is 13.1. The van der Waals surface area contributed by atoms with Crippen LogP contribution in [0.4, 0.5) is 18.9 Å². The van der Waals surface area contributed by atoms with Crippen LogP contribution in [0.2, 0.25) is 5.02 Å². The van der Waals surface area contributed by atoms with Gasteiger partial charge in [0.05, 0.1) is 10.7 Å². The quantitative estimate of drug-likeness (QED) is 0.666. The molecule has 1 rings (SSSR count). The second-order valence-electron chi connectivity index (χ2n) is 2.87. The maximum Gasteiger partial charge on any atom is 0.444 e. The van der Waals surface area contributed by atoms with Crippen molar-refractivity contribution < 1.29 is 22.7 Å². The first-order chi connectivity index (χ1) is 7.86. The molecule has 0 aromatic heterocycles. The lowest BCUT2D eigenvalue weighted by Gasteiger charge is -2.18. The van der Waals surface area contributed by atoms with Crippen molar-refractivity contribution in [1.29, 1.82) is 0 Å². The molecule has 1 aromatic carbocycles. The van der Waals surface area contributed by atoms with Gasteiger partial charge in [0.25, 0.3) is 5.63 Å². The Morgan fingerprint density at radius 1 is 1.47 bits per heavy atom. The Bertz CT molecular complexity index is 415. The number of rotatable bonds is 5. The molecule has 3 nitrogen and oxygen atoms in total. The number of halogens is 5. The summed E-state index contributed by atoms with van der Waals surface area (Å²) in [5, 5.41) is 2.29. The van der Waals surface area contributed by atoms with Gasteiger partial charge in [0, 0.05) is 6.07 Å². The van der Waals surface area contributed by atoms with Crippen LogP contribution in [0.5, 0.6) is 5.75 Å². The Morgan fingerprint density at radius 3 is 2.65 bits per heavy atom. The van der Waals surface area contributed by atoms with E-state index in [1.54, 1.807) is 0 Å². The lowest BCUT2D eigenvalue weighted by molar-refractivity contribution is -0.198. The van der Waals surface area contributed by atoms with Crippen LogP contribution in [0, 0.1) is 0 Å². The molecular formula is C9H6Cl2F3NO2. The van der Waals surface area contributed by atoms with Crippen LogP contribution in [-0.4, -0.2) is 18.1 Å². The van der Waals surface area contributed by atoms with Gasteiger partial charge < -0.3 is 10.1 Å². The van der Waals surface area contributed by atoms with Crippen molar-refractivity contribution in [2.45, 2.75) is 11.7 Å². The molecule has 0 saturated carbocycles. The van der Waals surface area contributed by atoms with Gasteiger partial charge in [-0.25, -0.2) is 4.39 Å². The van der Waals surface area contributed by atoms with Gasteiger partial charge in [-0.3, -0.25) is 4.79 Å². The zero-order valence-corrected chi connectivity index (χ0v) is 9.60. The molecule has 17 heavy (non-hydrogen) atoms. The van der Waals surface area contributed by atoms with Crippen LogP contribution >= 0.6 is 23.2 Å². The highest BCUT2D eigenvalue weighted by Gasteiger charge is 2.42. The van der Waals surface area contributed by atoms with Crippen molar-refractivity contribution >= 4 is 35.3 Å². The van der Waals surface area contributed by atoms with Crippen molar-refractivity contribution in [3.05, 3.63) is 23.2 Å². The van der Waals surface area contributed by atoms with Gasteiger partial charge in [0.15, 0.2) is 0 Å². The number of carbonyl (C=O) groups is 1. The van der Waals surface area contributed by atoms with Crippen molar-refractivity contribution in [2.75, 3.05) is 5.32 Å². The summed E-state index contributed by atoms with van der Waals surface area (Å²) in [6, 6.07) is 3.32. The zero-order valence-electron chi connectivity index (χ0n) is 8.09. The van der Waals surface area contributed by atoms with E-state index in [4.69, 9.17) is 11.6 Å². The Morgan fingerprint density at radius 2 is 2.12 bits per heavy atom. The summed E-state index contributed by atoms with van der Waals surface area (Å²) in [7, 11) is 0. The molecule has 94 valence electrons. The molecule has 0 heterocycles. The van der Waals surface area contributed by atoms with Gasteiger partial charge in [-0.05, 0) is 12.1 Å². The van der Waals surface area contributed by atoms with E-state index in [2.05, 4.69) is 21.7 Å². The molecular weight excluding hydrogens is 282 g/mol. The van der Waals surface area contributed by atoms with E-state index in [0.29, 0.717) is 6.41 Å². The van der Waals surface area contributed by atoms with Crippen LogP contribution < -0.4 is 10.1 Å². The number of carbonyl (C=O) groups excluding carboxylic acids is 1. The van der Waals surface area contributed by atoms with Crippen molar-refractivity contribution in [2.24, 2.45) is 0 Å². The smallest absolute Gasteiger partial charge is 0.429 e. The Hall–Kier alpha value is -1.14. The van der Waals surface area contributed by atoms with E-state index in [1.807, 2.05) is 0 Å². The Labute approximate surface area is 104 Å². The van der Waals surface area contributed by atoms with Crippen LogP contribution in [0.15, 0.2) is 18.2 Å². The Balaban J connectivity index is 2.93. The molecule has 0 aliphatic carbocycles. The van der Waals surface area contributed by atoms with Gasteiger partial charge in [-0.2, -0.15) is 8.78 Å². The number of alkyl halides is 4. The number of hydrogen-bond acceptors (Lipinski definition) is 2. The predicted octanol–water partition coefficient (Wildman–Crippen LogP) is 3.41. The highest BCUT2D eigenvalue weighted by atomic mass is 35.5. The highest BCUT2D eigenvalue weighted by molar-refractivity contribution is 6.33. The van der Waals surface area contributed by atoms with Gasteiger partial charge in [-0.1, -0.05) is 23.2 Å². The monoisotopic (exact) mass is 287 g/mol. The summed E-state index contributed by atoms with van der Waals surface area (Å²) in [6.45, 7) is 0. The number of nitrogens with one attached hydrogen (secondary N) is 1. The van der Waals surface area contributed by atoms with Crippen LogP contribution in [0.1, 0.15) is 0 Å². The molecule has 1 unspecified atom stereocenters. The summed E-state index contributed by atoms with van der Waals surface area (Å²) >= 11 is 10.3. The third-order valence-electron chi connectivity index (χ3n) is 1.66. The number of ether oxygens (including phenoxy) is 1. The first-order valence-corrected chi connectivity index (χ1v) is 5.03. The maximum absolute atomic E-state index is 12.8. The van der Waals surface area contributed by atoms with Crippen LogP contribution in [0.25, 0.3) is 0 Å². The summed E-state index contributed by atoms with van der Waals surface area (Å²) in [5.41, 5.74) is -2.93. The van der Waals surface area contributed by atoms with Crippen molar-refractivity contribution in [3.8, 4) is 5.75 Å². The minimum Gasteiger partial charge on any atom is -0.429 e. The third-order valence-corrected chi connectivity index (χ3v) is 2.24. The number of amides is 1. The van der Waals surface area contributed by atoms with Gasteiger partial charge >= 0.3 is 6.11 Å². The standard InChI is InChI=1S/C9H6Cl2F3NO2/c10-6-2-1-5(3-7(6)15-4-16)17-9(13,14)8(11)12/h1-4,8H,(H,15,16). The second-order valence-corrected chi connectivity index (χ2v) is 3.66. The summed E-state index contributed by atoms with van der Waals surface area (Å²) in [4.78, 5) is 10.2. The molecule has 0 saturated heterocycles. The molecule has 0 bridgehead atoms. The van der Waals surface area contributed by atoms with Crippen molar-refractivity contribution in [3.63, 3.8) is 0 Å². The topological polar surface area (TPSA) is 38.3 Å². The van der Waals surface area contributed by atoms with Gasteiger partial charge in [-0.15, -0.1) is 0 Å². The second kappa shape index (κ2) is 5.46. The molecule has 0 aliphatic heterocycles. The molecule has 0 spiro atoms. The van der Waals surface area contributed by atoms with E-state index in [1.165, 1.54) is 6.07 Å². The molecule has 1 N–H and O–H groups in total. The first kappa shape index (κ1) is 13.9. The van der Waals surface area contributed by atoms with E-state index in [9.17, 15) is 18.0 Å². The lowest BCUT2D eigenvalue weighted by Crippen LogP contribution is -2.32. The molecule has 0 radical (unpaired) electrons. The number of benzene rings is 1. The van der Waals surface area contributed by atoms with Crippen LogP contribution in [0.3, 0.4) is 0 Å².